The van der Waals surface area contributed by atoms with Gasteiger partial charge in [0.1, 0.15) is 0 Å². The van der Waals surface area contributed by atoms with Crippen LogP contribution in [0.25, 0.3) is 0 Å². The maximum atomic E-state index is 5.64. The molecule has 0 aliphatic carbocycles. The molecular formula is C22H39IN4O. The standard InChI is InChI=1S/C22H38N4O.HI/c1-6-23-21(25-18(4)17(2)3)24-16-22(12-14-27-15-13-22)26-19(5)20-10-8-7-9-11-20;/h7-11,17-19,26H,6,12-16H2,1-5H3,(H2,23,24,25);1H. The van der Waals surface area contributed by atoms with Crippen LogP contribution in [0.5, 0.6) is 0 Å². The van der Waals surface area contributed by atoms with Crippen LogP contribution in [0.2, 0.25) is 0 Å². The number of guanidine groups is 1. The number of nitrogens with zero attached hydrogens (tertiary/aromatic N) is 1. The molecule has 0 bridgehead atoms. The predicted molar refractivity (Wildman–Crippen MR) is 130 cm³/mol. The lowest BCUT2D eigenvalue weighted by atomic mass is 9.88. The molecule has 0 amide bonds. The fourth-order valence-corrected chi connectivity index (χ4v) is 3.33. The van der Waals surface area contributed by atoms with Crippen molar-refractivity contribution in [1.82, 2.24) is 16.0 Å². The molecule has 1 aromatic carbocycles. The first-order valence-electron chi connectivity index (χ1n) is 10.4. The first kappa shape index (κ1) is 25.2. The Morgan fingerprint density at radius 1 is 1.11 bits per heavy atom. The number of halogens is 1. The molecule has 1 aromatic rings. The monoisotopic (exact) mass is 502 g/mol. The smallest absolute Gasteiger partial charge is 0.191 e. The Bertz CT molecular complexity index is 573. The first-order chi connectivity index (χ1) is 13.0. The van der Waals surface area contributed by atoms with E-state index in [0.717, 1.165) is 45.1 Å². The van der Waals surface area contributed by atoms with Crippen LogP contribution in [0, 0.1) is 5.92 Å². The van der Waals surface area contributed by atoms with Gasteiger partial charge in [0.2, 0.25) is 0 Å². The summed E-state index contributed by atoms with van der Waals surface area (Å²) in [5.41, 5.74) is 1.28. The van der Waals surface area contributed by atoms with Crippen LogP contribution in [0.1, 0.15) is 59.1 Å². The molecule has 2 rings (SSSR count). The van der Waals surface area contributed by atoms with Gasteiger partial charge in [-0.3, -0.25) is 4.99 Å². The van der Waals surface area contributed by atoms with Crippen molar-refractivity contribution in [3.05, 3.63) is 35.9 Å². The number of hydrogen-bond donors (Lipinski definition) is 3. The van der Waals surface area contributed by atoms with Crippen molar-refractivity contribution < 1.29 is 4.74 Å². The van der Waals surface area contributed by atoms with Crippen molar-refractivity contribution in [2.24, 2.45) is 10.9 Å². The van der Waals surface area contributed by atoms with Gasteiger partial charge in [0, 0.05) is 37.4 Å². The average molecular weight is 502 g/mol. The molecule has 1 saturated heterocycles. The summed E-state index contributed by atoms with van der Waals surface area (Å²) in [6.07, 6.45) is 1.96. The molecule has 160 valence electrons. The van der Waals surface area contributed by atoms with Crippen molar-refractivity contribution in [1.29, 1.82) is 0 Å². The molecule has 5 nitrogen and oxygen atoms in total. The van der Waals surface area contributed by atoms with E-state index in [1.807, 2.05) is 0 Å². The molecule has 1 fully saturated rings. The third-order valence-corrected chi connectivity index (χ3v) is 5.52. The number of nitrogens with one attached hydrogen (secondary N) is 3. The third-order valence-electron chi connectivity index (χ3n) is 5.52. The minimum absolute atomic E-state index is 0. The molecule has 2 atom stereocenters. The van der Waals surface area contributed by atoms with Gasteiger partial charge in [-0.25, -0.2) is 0 Å². The Morgan fingerprint density at radius 2 is 1.75 bits per heavy atom. The zero-order valence-electron chi connectivity index (χ0n) is 18.1. The topological polar surface area (TPSA) is 57.7 Å². The zero-order valence-corrected chi connectivity index (χ0v) is 20.5. The molecule has 6 heteroatoms. The summed E-state index contributed by atoms with van der Waals surface area (Å²) in [5.74, 6) is 1.46. The number of rotatable bonds is 8. The Balaban J connectivity index is 0.00000392. The molecule has 1 aliphatic rings. The van der Waals surface area contributed by atoms with Crippen LogP contribution < -0.4 is 16.0 Å². The first-order valence-corrected chi connectivity index (χ1v) is 10.4. The molecule has 0 spiro atoms. The second-order valence-corrected chi connectivity index (χ2v) is 8.04. The van der Waals surface area contributed by atoms with E-state index in [4.69, 9.17) is 9.73 Å². The lowest BCUT2D eigenvalue weighted by molar-refractivity contribution is 0.0374. The predicted octanol–water partition coefficient (Wildman–Crippen LogP) is 4.10. The van der Waals surface area contributed by atoms with Gasteiger partial charge in [0.05, 0.1) is 6.54 Å². The quantitative estimate of drug-likeness (QED) is 0.285. The zero-order chi connectivity index (χ0) is 19.7. The van der Waals surface area contributed by atoms with Gasteiger partial charge >= 0.3 is 0 Å². The van der Waals surface area contributed by atoms with Gasteiger partial charge in [-0.05, 0) is 45.1 Å². The van der Waals surface area contributed by atoms with Gasteiger partial charge < -0.3 is 20.7 Å². The van der Waals surface area contributed by atoms with E-state index < -0.39 is 0 Å². The summed E-state index contributed by atoms with van der Waals surface area (Å²) in [7, 11) is 0. The number of aliphatic imine (C=N–C) groups is 1. The molecule has 2 unspecified atom stereocenters. The van der Waals surface area contributed by atoms with E-state index in [1.165, 1.54) is 5.56 Å². The highest BCUT2D eigenvalue weighted by atomic mass is 127. The largest absolute Gasteiger partial charge is 0.381 e. The Kier molecular flexibility index (Phi) is 11.4. The average Bonchev–Trinajstić information content (AvgIpc) is 2.67. The van der Waals surface area contributed by atoms with Crippen LogP contribution in [0.15, 0.2) is 35.3 Å². The van der Waals surface area contributed by atoms with E-state index in [-0.39, 0.29) is 35.6 Å². The molecular weight excluding hydrogens is 463 g/mol. The van der Waals surface area contributed by atoms with Crippen molar-refractivity contribution in [2.45, 2.75) is 65.1 Å². The van der Waals surface area contributed by atoms with Crippen LogP contribution in [0.4, 0.5) is 0 Å². The van der Waals surface area contributed by atoms with Gasteiger partial charge in [0.15, 0.2) is 5.96 Å². The molecule has 1 heterocycles. The molecule has 0 aromatic heterocycles. The summed E-state index contributed by atoms with van der Waals surface area (Å²) in [5, 5.41) is 10.8. The minimum Gasteiger partial charge on any atom is -0.381 e. The van der Waals surface area contributed by atoms with Crippen molar-refractivity contribution in [2.75, 3.05) is 26.3 Å². The fraction of sp³-hybridized carbons (Fsp3) is 0.682. The van der Waals surface area contributed by atoms with Gasteiger partial charge in [-0.1, -0.05) is 44.2 Å². The highest BCUT2D eigenvalue weighted by Gasteiger charge is 2.34. The Morgan fingerprint density at radius 3 is 2.32 bits per heavy atom. The van der Waals surface area contributed by atoms with E-state index in [2.05, 4.69) is 80.9 Å². The fourth-order valence-electron chi connectivity index (χ4n) is 3.33. The highest BCUT2D eigenvalue weighted by Crippen LogP contribution is 2.26. The highest BCUT2D eigenvalue weighted by molar-refractivity contribution is 14.0. The van der Waals surface area contributed by atoms with E-state index >= 15 is 0 Å². The van der Waals surface area contributed by atoms with E-state index in [1.54, 1.807) is 0 Å². The number of benzene rings is 1. The molecule has 0 radical (unpaired) electrons. The maximum absolute atomic E-state index is 5.64. The minimum atomic E-state index is -0.0308. The number of ether oxygens (including phenoxy) is 1. The van der Waals surface area contributed by atoms with E-state index in [0.29, 0.717) is 12.0 Å². The second kappa shape index (κ2) is 12.6. The second-order valence-electron chi connectivity index (χ2n) is 8.04. The lowest BCUT2D eigenvalue weighted by Crippen LogP contribution is -2.53. The molecule has 3 N–H and O–H groups in total. The van der Waals surface area contributed by atoms with Crippen LogP contribution in [0.3, 0.4) is 0 Å². The van der Waals surface area contributed by atoms with Crippen molar-refractivity contribution in [3.8, 4) is 0 Å². The van der Waals surface area contributed by atoms with Crippen molar-refractivity contribution >= 4 is 29.9 Å². The van der Waals surface area contributed by atoms with Crippen molar-refractivity contribution in [3.63, 3.8) is 0 Å². The summed E-state index contributed by atoms with van der Waals surface area (Å²) in [6.45, 7) is 14.2. The summed E-state index contributed by atoms with van der Waals surface area (Å²) in [6, 6.07) is 11.3. The summed E-state index contributed by atoms with van der Waals surface area (Å²) in [4.78, 5) is 4.95. The molecule has 1 aliphatic heterocycles. The Hall–Kier alpha value is -0.860. The van der Waals surface area contributed by atoms with E-state index in [9.17, 15) is 0 Å². The lowest BCUT2D eigenvalue weighted by Gasteiger charge is -2.39. The Labute approximate surface area is 188 Å². The number of hydrogen-bond acceptors (Lipinski definition) is 3. The SMILES string of the molecule is CCNC(=NCC1(NC(C)c2ccccc2)CCOCC1)NC(C)C(C)C.I. The van der Waals surface area contributed by atoms with Crippen LogP contribution in [-0.2, 0) is 4.74 Å². The van der Waals surface area contributed by atoms with Gasteiger partial charge in [-0.2, -0.15) is 0 Å². The van der Waals surface area contributed by atoms with Crippen LogP contribution >= 0.6 is 24.0 Å². The maximum Gasteiger partial charge on any atom is 0.191 e. The van der Waals surface area contributed by atoms with Crippen LogP contribution in [-0.4, -0.2) is 43.8 Å². The van der Waals surface area contributed by atoms with Gasteiger partial charge in [0.25, 0.3) is 0 Å². The normalized spacial score (nSPS) is 18.9. The molecule has 0 saturated carbocycles. The molecule has 28 heavy (non-hydrogen) atoms. The van der Waals surface area contributed by atoms with Gasteiger partial charge in [-0.15, -0.1) is 24.0 Å². The summed E-state index contributed by atoms with van der Waals surface area (Å²) < 4.78 is 5.64. The third kappa shape index (κ3) is 7.87. The summed E-state index contributed by atoms with van der Waals surface area (Å²) >= 11 is 0.